The number of carbonyl (C=O) groups excluding carboxylic acids is 5. The highest BCUT2D eigenvalue weighted by molar-refractivity contribution is 5.91. The lowest BCUT2D eigenvalue weighted by atomic mass is 9.83. The molecule has 3 fully saturated rings. The Bertz CT molecular complexity index is 1470. The summed E-state index contributed by atoms with van der Waals surface area (Å²) in [4.78, 5) is 65.8. The molecule has 0 amide bonds. The zero-order valence-corrected chi connectivity index (χ0v) is 36.3. The topological polar surface area (TPSA) is 215 Å². The maximum absolute atomic E-state index is 13.4. The van der Waals surface area contributed by atoms with Gasteiger partial charge in [-0.3, -0.25) is 19.2 Å². The number of likely N-dealkylation sites (N-methyl/N-ethyl adjacent to an activating group) is 1. The van der Waals surface area contributed by atoms with Gasteiger partial charge >= 0.3 is 17.9 Å². The molecule has 59 heavy (non-hydrogen) atoms. The molecule has 336 valence electrons. The van der Waals surface area contributed by atoms with Crippen molar-refractivity contribution in [2.45, 2.75) is 185 Å². The summed E-state index contributed by atoms with van der Waals surface area (Å²) in [7, 11) is 4.82. The summed E-state index contributed by atoms with van der Waals surface area (Å²) in [6, 6.07) is -0.800. The molecule has 0 bridgehead atoms. The minimum absolute atomic E-state index is 0.0551. The van der Waals surface area contributed by atoms with E-state index in [1.165, 1.54) is 20.1 Å². The van der Waals surface area contributed by atoms with Crippen LogP contribution in [0.1, 0.15) is 93.9 Å². The van der Waals surface area contributed by atoms with Gasteiger partial charge in [-0.1, -0.05) is 20.8 Å². The number of cyclic esters (lactones) is 1. The number of rotatable bonds is 12. The molecule has 17 heteroatoms. The van der Waals surface area contributed by atoms with Crippen molar-refractivity contribution in [1.82, 2.24) is 4.90 Å². The Labute approximate surface area is 347 Å². The van der Waals surface area contributed by atoms with Crippen molar-refractivity contribution >= 4 is 30.0 Å². The number of aliphatic hydroxyl groups excluding tert-OH is 1. The molecular weight excluding hydrogens is 774 g/mol. The molecule has 4 rings (SSSR count). The molecule has 0 radical (unpaired) electrons. The Morgan fingerprint density at radius 1 is 1.00 bits per heavy atom. The third kappa shape index (κ3) is 13.3. The van der Waals surface area contributed by atoms with Crippen LogP contribution in [0.5, 0.6) is 0 Å². The zero-order valence-electron chi connectivity index (χ0n) is 36.3. The number of methoxy groups -OCH3 is 1. The summed E-state index contributed by atoms with van der Waals surface area (Å²) in [6.45, 7) is 13.4. The Morgan fingerprint density at radius 3 is 2.29 bits per heavy atom. The van der Waals surface area contributed by atoms with Crippen LogP contribution in [0.15, 0.2) is 12.2 Å². The highest BCUT2D eigenvalue weighted by Crippen LogP contribution is 2.38. The first-order valence-electron chi connectivity index (χ1n) is 20.7. The first-order valence-corrected chi connectivity index (χ1v) is 20.7. The van der Waals surface area contributed by atoms with E-state index in [1.54, 1.807) is 59.7 Å². The standard InChI is InChI=1S/C42H67NO16/c1-21(2)16-32(47)57-40-25(6)53-34(20-42(40,8)50)58-37-24(5)54-41(36(49)35(37)43(9)10)59-38-27(14-15-44)17-22(3)28(46)12-13-29-30(56-29)18-23(4)52-33(48)19-31(39(38)51-11)55-26(7)45/h12-13,15,21-25,27,29-31,34-41,49-50H,14,16-20H2,1-11H3/b13-12+/t22-,23-,24-,25+,27+,29+,30+,31?,34+,35-,36-,37-,38+,39+,40+,41+,42-/m1/s1. The van der Waals surface area contributed by atoms with E-state index >= 15 is 0 Å². The van der Waals surface area contributed by atoms with Gasteiger partial charge in [0.05, 0.1) is 36.9 Å². The van der Waals surface area contributed by atoms with E-state index in [-0.39, 0.29) is 49.6 Å². The van der Waals surface area contributed by atoms with Crippen molar-refractivity contribution < 1.29 is 76.8 Å². The number of epoxide rings is 1. The average Bonchev–Trinajstić information content (AvgIpc) is 3.85. The lowest BCUT2D eigenvalue weighted by Crippen LogP contribution is -2.66. The fourth-order valence-corrected chi connectivity index (χ4v) is 8.51. The molecule has 0 aromatic carbocycles. The van der Waals surface area contributed by atoms with Crippen LogP contribution in [0.4, 0.5) is 0 Å². The summed E-state index contributed by atoms with van der Waals surface area (Å²) >= 11 is 0. The predicted molar refractivity (Wildman–Crippen MR) is 208 cm³/mol. The third-order valence-corrected chi connectivity index (χ3v) is 11.4. The van der Waals surface area contributed by atoms with Crippen molar-refractivity contribution in [3.05, 3.63) is 12.2 Å². The molecule has 17 nitrogen and oxygen atoms in total. The van der Waals surface area contributed by atoms with E-state index in [9.17, 15) is 34.2 Å². The van der Waals surface area contributed by atoms with Crippen LogP contribution in [0.25, 0.3) is 0 Å². The van der Waals surface area contributed by atoms with Gasteiger partial charge in [0.25, 0.3) is 0 Å². The summed E-state index contributed by atoms with van der Waals surface area (Å²) in [5, 5.41) is 23.5. The number of hydrogen-bond acceptors (Lipinski definition) is 17. The Kier molecular flexibility index (Phi) is 17.6. The SMILES string of the molecule is CO[C@H]1C(OC(C)=O)CC(=O)O[C@H](C)C[C@@H]2O[C@H]2/C=C/C(=O)[C@H](C)C[C@H](CC=O)[C@@H]1O[C@@H]1O[C@H](C)[C@@H](O[C@H]2C[C@@](C)(O)[C@@H](OC(=O)CC(C)C)[C@H](C)O2)[C@H](N(C)C)[C@H]1O. The molecule has 0 aromatic rings. The molecule has 0 saturated carbocycles. The van der Waals surface area contributed by atoms with E-state index in [2.05, 4.69) is 0 Å². The number of fused-ring (bicyclic) bond motifs is 1. The Morgan fingerprint density at radius 2 is 1.69 bits per heavy atom. The number of aliphatic hydroxyl groups is 2. The number of aldehydes is 1. The van der Waals surface area contributed by atoms with Crippen LogP contribution in [0.3, 0.4) is 0 Å². The van der Waals surface area contributed by atoms with Gasteiger partial charge < -0.3 is 62.5 Å². The molecule has 4 aliphatic rings. The molecule has 4 aliphatic heterocycles. The molecule has 1 unspecified atom stereocenters. The molecule has 0 spiro atoms. The van der Waals surface area contributed by atoms with E-state index in [0.29, 0.717) is 12.7 Å². The fraction of sp³-hybridized carbons (Fsp3) is 0.833. The molecule has 3 saturated heterocycles. The van der Waals surface area contributed by atoms with Gasteiger partial charge in [0, 0.05) is 45.6 Å². The molecule has 0 aliphatic carbocycles. The van der Waals surface area contributed by atoms with Crippen LogP contribution < -0.4 is 0 Å². The van der Waals surface area contributed by atoms with Gasteiger partial charge in [-0.05, 0) is 72.2 Å². The molecule has 4 heterocycles. The third-order valence-electron chi connectivity index (χ3n) is 11.4. The van der Waals surface area contributed by atoms with Crippen molar-refractivity contribution in [3.8, 4) is 0 Å². The van der Waals surface area contributed by atoms with Crippen LogP contribution in [-0.2, 0) is 66.6 Å². The monoisotopic (exact) mass is 841 g/mol. The molecule has 17 atom stereocenters. The van der Waals surface area contributed by atoms with E-state index in [1.807, 2.05) is 13.8 Å². The highest BCUT2D eigenvalue weighted by Gasteiger charge is 2.53. The first kappa shape index (κ1) is 48.8. The first-order chi connectivity index (χ1) is 27.6. The summed E-state index contributed by atoms with van der Waals surface area (Å²) in [5.41, 5.74) is -1.51. The van der Waals surface area contributed by atoms with Crippen LogP contribution in [-0.4, -0.2) is 158 Å². The van der Waals surface area contributed by atoms with Gasteiger partial charge in [0.15, 0.2) is 24.5 Å². The number of ketones is 1. The number of allylic oxidation sites excluding steroid dienone is 1. The quantitative estimate of drug-likeness (QED) is 0.125. The van der Waals surface area contributed by atoms with Gasteiger partial charge in [-0.25, -0.2) is 0 Å². The van der Waals surface area contributed by atoms with Crippen molar-refractivity contribution in [2.24, 2.45) is 17.8 Å². The van der Waals surface area contributed by atoms with Crippen molar-refractivity contribution in [3.63, 3.8) is 0 Å². The minimum Gasteiger partial charge on any atom is -0.462 e. The second-order valence-electron chi connectivity index (χ2n) is 17.5. The van der Waals surface area contributed by atoms with Crippen LogP contribution in [0, 0.1) is 17.8 Å². The Hall–Kier alpha value is -2.87. The van der Waals surface area contributed by atoms with Gasteiger partial charge in [0.2, 0.25) is 0 Å². The second kappa shape index (κ2) is 21.3. The number of hydrogen-bond donors (Lipinski definition) is 2. The summed E-state index contributed by atoms with van der Waals surface area (Å²) in [6.07, 6.45) is -7.99. The fourth-order valence-electron chi connectivity index (χ4n) is 8.51. The largest absolute Gasteiger partial charge is 0.462 e. The molecule has 2 N–H and O–H groups in total. The second-order valence-corrected chi connectivity index (χ2v) is 17.5. The lowest BCUT2D eigenvalue weighted by Gasteiger charge is -2.50. The van der Waals surface area contributed by atoms with Crippen molar-refractivity contribution in [2.75, 3.05) is 21.2 Å². The maximum atomic E-state index is 13.4. The maximum Gasteiger partial charge on any atom is 0.309 e. The number of ether oxygens (including phenoxy) is 9. The number of esters is 3. The summed E-state index contributed by atoms with van der Waals surface area (Å²) < 4.78 is 54.2. The minimum atomic E-state index is -1.51. The van der Waals surface area contributed by atoms with E-state index in [0.717, 1.165) is 0 Å². The lowest BCUT2D eigenvalue weighted by molar-refractivity contribution is -0.344. The van der Waals surface area contributed by atoms with Gasteiger partial charge in [-0.2, -0.15) is 0 Å². The predicted octanol–water partition coefficient (Wildman–Crippen LogP) is 2.43. The Balaban J connectivity index is 1.64. The van der Waals surface area contributed by atoms with E-state index < -0.39 is 115 Å². The average molecular weight is 842 g/mol. The summed E-state index contributed by atoms with van der Waals surface area (Å²) in [5.74, 6) is -3.35. The van der Waals surface area contributed by atoms with Crippen molar-refractivity contribution in [1.29, 1.82) is 0 Å². The van der Waals surface area contributed by atoms with Gasteiger partial charge in [0.1, 0.15) is 48.5 Å². The van der Waals surface area contributed by atoms with Crippen LogP contribution in [0.2, 0.25) is 0 Å². The molecular formula is C42H67NO16. The van der Waals surface area contributed by atoms with Gasteiger partial charge in [-0.15, -0.1) is 0 Å². The molecule has 0 aromatic heterocycles. The normalized spacial score (nSPS) is 41.7. The highest BCUT2D eigenvalue weighted by atomic mass is 16.7. The number of carbonyl (C=O) groups is 5. The smallest absolute Gasteiger partial charge is 0.309 e. The number of nitrogens with zero attached hydrogens (tertiary/aromatic N) is 1. The zero-order chi connectivity index (χ0) is 43.9. The van der Waals surface area contributed by atoms with E-state index in [4.69, 9.17) is 42.6 Å². The van der Waals surface area contributed by atoms with Crippen LogP contribution >= 0.6 is 0 Å².